The van der Waals surface area contributed by atoms with Crippen LogP contribution in [0.15, 0.2) is 36.4 Å². The monoisotopic (exact) mass is 343 g/mol. The van der Waals surface area contributed by atoms with Crippen LogP contribution in [0.5, 0.6) is 0 Å². The molecule has 2 heterocycles. The highest BCUT2D eigenvalue weighted by Gasteiger charge is 2.17. The van der Waals surface area contributed by atoms with Crippen LogP contribution < -0.4 is 5.32 Å². The summed E-state index contributed by atoms with van der Waals surface area (Å²) < 4.78 is 2.71. The minimum Gasteiger partial charge on any atom is -0.386 e. The van der Waals surface area contributed by atoms with Crippen molar-refractivity contribution in [1.29, 1.82) is 0 Å². The van der Waals surface area contributed by atoms with Crippen LogP contribution in [0.1, 0.15) is 46.9 Å². The first-order chi connectivity index (χ1) is 11.5. The Morgan fingerprint density at radius 1 is 1.33 bits per heavy atom. The quantitative estimate of drug-likeness (QED) is 0.747. The van der Waals surface area contributed by atoms with Gasteiger partial charge in [0.2, 0.25) is 0 Å². The van der Waals surface area contributed by atoms with E-state index in [4.69, 9.17) is 0 Å². The van der Waals surface area contributed by atoms with Crippen molar-refractivity contribution in [2.45, 2.75) is 25.9 Å². The molecule has 24 heavy (non-hydrogen) atoms. The third-order valence-electron chi connectivity index (χ3n) is 3.95. The van der Waals surface area contributed by atoms with E-state index < -0.39 is 6.10 Å². The molecule has 3 rings (SSSR count). The van der Waals surface area contributed by atoms with Crippen molar-refractivity contribution >= 4 is 27.3 Å². The van der Waals surface area contributed by atoms with Gasteiger partial charge in [-0.25, -0.2) is 0 Å². The third-order valence-corrected chi connectivity index (χ3v) is 5.17. The molecule has 6 heteroatoms. The van der Waals surface area contributed by atoms with Gasteiger partial charge >= 0.3 is 0 Å². The number of nitrogens with zero attached hydrogens (tertiary/aromatic N) is 2. The van der Waals surface area contributed by atoms with Crippen molar-refractivity contribution in [1.82, 2.24) is 15.1 Å². The maximum absolute atomic E-state index is 12.3. The average Bonchev–Trinajstić information content (AvgIpc) is 3.15. The van der Waals surface area contributed by atoms with Crippen LogP contribution in [-0.2, 0) is 7.05 Å². The molecule has 2 N–H and O–H groups in total. The lowest BCUT2D eigenvalue weighted by Crippen LogP contribution is -2.29. The first-order valence-corrected chi connectivity index (χ1v) is 8.76. The number of amides is 1. The molecular formula is C18H21N3O2S. The number of hydrogen-bond acceptors (Lipinski definition) is 4. The Labute approximate surface area is 144 Å². The number of aromatic nitrogens is 2. The Kier molecular flexibility index (Phi) is 4.69. The smallest absolute Gasteiger partial charge is 0.269 e. The Hall–Kier alpha value is -2.18. The minimum absolute atomic E-state index is 0.174. The van der Waals surface area contributed by atoms with Gasteiger partial charge in [0, 0.05) is 23.2 Å². The molecule has 1 unspecified atom stereocenters. The Morgan fingerprint density at radius 3 is 2.75 bits per heavy atom. The zero-order chi connectivity index (χ0) is 17.3. The molecule has 0 fully saturated rings. The van der Waals surface area contributed by atoms with Crippen molar-refractivity contribution in [3.05, 3.63) is 52.7 Å². The normalized spacial score (nSPS) is 12.7. The predicted octanol–water partition coefficient (Wildman–Crippen LogP) is 3.22. The largest absolute Gasteiger partial charge is 0.386 e. The van der Waals surface area contributed by atoms with Gasteiger partial charge in [-0.05, 0) is 29.5 Å². The highest BCUT2D eigenvalue weighted by molar-refractivity contribution is 7.19. The minimum atomic E-state index is -0.718. The highest BCUT2D eigenvalue weighted by atomic mass is 32.1. The summed E-state index contributed by atoms with van der Waals surface area (Å²) in [6.45, 7) is 4.25. The zero-order valence-corrected chi connectivity index (χ0v) is 14.8. The van der Waals surface area contributed by atoms with Crippen molar-refractivity contribution in [2.75, 3.05) is 6.54 Å². The highest BCUT2D eigenvalue weighted by Crippen LogP contribution is 2.29. The molecule has 0 aliphatic heterocycles. The number of aliphatic hydroxyl groups is 1. The summed E-state index contributed by atoms with van der Waals surface area (Å²) in [5, 5.41) is 18.6. The maximum Gasteiger partial charge on any atom is 0.269 e. The molecule has 0 bridgehead atoms. The fraction of sp³-hybridized carbons (Fsp3) is 0.333. The van der Waals surface area contributed by atoms with E-state index in [-0.39, 0.29) is 18.4 Å². The number of thiophene rings is 1. The van der Waals surface area contributed by atoms with Gasteiger partial charge in [0.05, 0.1) is 5.69 Å². The molecule has 126 valence electrons. The molecule has 2 aromatic heterocycles. The number of hydrogen-bond donors (Lipinski definition) is 2. The zero-order valence-electron chi connectivity index (χ0n) is 14.0. The third kappa shape index (κ3) is 3.34. The molecule has 0 spiro atoms. The number of fused-ring (bicyclic) bond motifs is 1. The van der Waals surface area contributed by atoms with Crippen LogP contribution in [0, 0.1) is 0 Å². The molecule has 0 radical (unpaired) electrons. The molecular weight excluding hydrogens is 322 g/mol. The number of aryl methyl sites for hydroxylation is 1. The van der Waals surface area contributed by atoms with Crippen LogP contribution in [0.2, 0.25) is 0 Å². The summed E-state index contributed by atoms with van der Waals surface area (Å²) in [6, 6.07) is 11.8. The van der Waals surface area contributed by atoms with Gasteiger partial charge < -0.3 is 10.4 Å². The summed E-state index contributed by atoms with van der Waals surface area (Å²) in [7, 11) is 1.75. The first kappa shape index (κ1) is 16.7. The van der Waals surface area contributed by atoms with Crippen molar-refractivity contribution in [2.24, 2.45) is 7.05 Å². The first-order valence-electron chi connectivity index (χ1n) is 7.94. The second-order valence-corrected chi connectivity index (χ2v) is 7.26. The van der Waals surface area contributed by atoms with Gasteiger partial charge in [0.25, 0.3) is 5.91 Å². The van der Waals surface area contributed by atoms with E-state index in [1.165, 1.54) is 0 Å². The summed E-state index contributed by atoms with van der Waals surface area (Å²) in [5.41, 5.74) is 1.38. The number of rotatable bonds is 5. The van der Waals surface area contributed by atoms with E-state index in [9.17, 15) is 9.90 Å². The molecule has 0 saturated carbocycles. The fourth-order valence-electron chi connectivity index (χ4n) is 2.53. The number of aliphatic hydroxyl groups excluding tert-OH is 1. The predicted molar refractivity (Wildman–Crippen MR) is 96.4 cm³/mol. The molecule has 3 aromatic rings. The van der Waals surface area contributed by atoms with E-state index >= 15 is 0 Å². The van der Waals surface area contributed by atoms with Crippen LogP contribution >= 0.6 is 11.3 Å². The second-order valence-electron chi connectivity index (χ2n) is 6.15. The second kappa shape index (κ2) is 6.75. The van der Waals surface area contributed by atoms with Gasteiger partial charge in [-0.3, -0.25) is 9.48 Å². The van der Waals surface area contributed by atoms with E-state index in [1.54, 1.807) is 29.1 Å². The molecule has 5 nitrogen and oxygen atoms in total. The summed E-state index contributed by atoms with van der Waals surface area (Å²) in [4.78, 5) is 13.2. The molecule has 1 atom stereocenters. The number of benzene rings is 1. The summed E-state index contributed by atoms with van der Waals surface area (Å²) in [6.07, 6.45) is -0.718. The maximum atomic E-state index is 12.3. The number of carbonyl (C=O) groups excluding carboxylic acids is 1. The van der Waals surface area contributed by atoms with Crippen LogP contribution in [0.4, 0.5) is 0 Å². The SMILES string of the molecule is CC(C)c1cc(C(=O)NCC(O)c2cc3ccccc3s2)n(C)n1. The van der Waals surface area contributed by atoms with Gasteiger partial charge in [-0.15, -0.1) is 11.3 Å². The van der Waals surface area contributed by atoms with Crippen LogP contribution in [0.3, 0.4) is 0 Å². The van der Waals surface area contributed by atoms with E-state index in [0.717, 1.165) is 20.7 Å². The standard InChI is InChI=1S/C18H21N3O2S/c1-11(2)13-9-14(21(3)20-13)18(23)19-10-15(22)17-8-12-6-4-5-7-16(12)24-17/h4-9,11,15,22H,10H2,1-3H3,(H,19,23). The number of carbonyl (C=O) groups is 1. The number of nitrogens with one attached hydrogen (secondary N) is 1. The summed E-state index contributed by atoms with van der Waals surface area (Å²) in [5.74, 6) is 0.0407. The molecule has 1 aromatic carbocycles. The summed E-state index contributed by atoms with van der Waals surface area (Å²) >= 11 is 1.55. The molecule has 1 amide bonds. The van der Waals surface area contributed by atoms with Gasteiger partial charge in [0.15, 0.2) is 0 Å². The van der Waals surface area contributed by atoms with E-state index in [0.29, 0.717) is 5.69 Å². The Bertz CT molecular complexity index is 833. The van der Waals surface area contributed by atoms with Crippen LogP contribution in [0.25, 0.3) is 10.1 Å². The Morgan fingerprint density at radius 2 is 2.08 bits per heavy atom. The molecule has 0 aliphatic carbocycles. The lowest BCUT2D eigenvalue weighted by Gasteiger charge is -2.10. The van der Waals surface area contributed by atoms with E-state index in [2.05, 4.69) is 10.4 Å². The Balaban J connectivity index is 1.67. The lowest BCUT2D eigenvalue weighted by atomic mass is 10.1. The van der Waals surface area contributed by atoms with Crippen molar-refractivity contribution in [3.8, 4) is 0 Å². The topological polar surface area (TPSA) is 67.2 Å². The van der Waals surface area contributed by atoms with Crippen molar-refractivity contribution < 1.29 is 9.90 Å². The fourth-order valence-corrected chi connectivity index (χ4v) is 3.58. The van der Waals surface area contributed by atoms with Crippen LogP contribution in [-0.4, -0.2) is 27.3 Å². The van der Waals surface area contributed by atoms with Gasteiger partial charge in [-0.1, -0.05) is 32.0 Å². The average molecular weight is 343 g/mol. The molecule has 0 aliphatic rings. The van der Waals surface area contributed by atoms with Crippen molar-refractivity contribution in [3.63, 3.8) is 0 Å². The van der Waals surface area contributed by atoms with E-state index in [1.807, 2.05) is 44.2 Å². The van der Waals surface area contributed by atoms with Gasteiger partial charge in [0.1, 0.15) is 11.8 Å². The molecule has 0 saturated heterocycles. The van der Waals surface area contributed by atoms with Gasteiger partial charge in [-0.2, -0.15) is 5.10 Å². The lowest BCUT2D eigenvalue weighted by molar-refractivity contribution is 0.0908.